The summed E-state index contributed by atoms with van der Waals surface area (Å²) in [4.78, 5) is 2.55. The molecule has 0 heterocycles. The maximum Gasteiger partial charge on any atom is 0.175 e. The number of benzene rings is 3. The summed E-state index contributed by atoms with van der Waals surface area (Å²) in [5.74, 6) is 0. The molecule has 0 aromatic heterocycles. The Hall–Kier alpha value is -1.08. The smallest absolute Gasteiger partial charge is 0.175 e. The summed E-state index contributed by atoms with van der Waals surface area (Å²) < 4.78 is 24.2. The minimum atomic E-state index is -3.35. The number of hydrogen-bond donors (Lipinski definition) is 1. The van der Waals surface area contributed by atoms with Crippen LogP contribution in [-0.2, 0) is 9.84 Å². The SMILES string of the molecule is CCCCN(CCCC)CC(O)c1cc2cc(S(C)(=O)=O)ccc2c2cc(Cl)c(Cl)cc12.Cl. The molecule has 0 aliphatic carbocycles. The molecular weight excluding hydrogens is 501 g/mol. The number of fused-ring (bicyclic) bond motifs is 3. The van der Waals surface area contributed by atoms with Crippen LogP contribution in [0.3, 0.4) is 0 Å². The van der Waals surface area contributed by atoms with E-state index in [-0.39, 0.29) is 17.3 Å². The molecule has 3 rings (SSSR count). The van der Waals surface area contributed by atoms with Gasteiger partial charge in [-0.2, -0.15) is 0 Å². The van der Waals surface area contributed by atoms with E-state index in [1.165, 1.54) is 6.26 Å². The van der Waals surface area contributed by atoms with Crippen LogP contribution >= 0.6 is 35.6 Å². The molecule has 0 aliphatic heterocycles. The Bertz CT molecular complexity index is 1210. The van der Waals surface area contributed by atoms with Gasteiger partial charge in [0.25, 0.3) is 0 Å². The summed E-state index contributed by atoms with van der Waals surface area (Å²) >= 11 is 12.7. The number of aliphatic hydroxyl groups excluding tert-OH is 1. The van der Waals surface area contributed by atoms with Gasteiger partial charge in [0.1, 0.15) is 0 Å². The molecule has 0 bridgehead atoms. The quantitative estimate of drug-likeness (QED) is 0.284. The van der Waals surface area contributed by atoms with E-state index in [1.54, 1.807) is 30.3 Å². The summed E-state index contributed by atoms with van der Waals surface area (Å²) in [7, 11) is -3.35. The molecule has 8 heteroatoms. The third kappa shape index (κ3) is 6.74. The highest BCUT2D eigenvalue weighted by atomic mass is 35.5. The molecule has 1 atom stereocenters. The highest BCUT2D eigenvalue weighted by Crippen LogP contribution is 2.38. The van der Waals surface area contributed by atoms with Crippen molar-refractivity contribution in [1.82, 2.24) is 4.90 Å². The molecule has 0 saturated heterocycles. The van der Waals surface area contributed by atoms with E-state index in [4.69, 9.17) is 23.2 Å². The van der Waals surface area contributed by atoms with Gasteiger partial charge in [0.15, 0.2) is 9.84 Å². The van der Waals surface area contributed by atoms with Crippen LogP contribution in [0.15, 0.2) is 41.3 Å². The maximum absolute atomic E-state index is 12.1. The molecule has 1 N–H and O–H groups in total. The van der Waals surface area contributed by atoms with E-state index in [2.05, 4.69) is 18.7 Å². The fourth-order valence-electron chi connectivity index (χ4n) is 4.07. The Morgan fingerprint density at radius 1 is 0.909 bits per heavy atom. The molecule has 33 heavy (non-hydrogen) atoms. The van der Waals surface area contributed by atoms with E-state index in [0.29, 0.717) is 16.6 Å². The number of aliphatic hydroxyl groups is 1. The van der Waals surface area contributed by atoms with Gasteiger partial charge in [0, 0.05) is 12.8 Å². The lowest BCUT2D eigenvalue weighted by atomic mass is 9.94. The molecule has 0 spiro atoms. The van der Waals surface area contributed by atoms with E-state index < -0.39 is 15.9 Å². The molecule has 0 fully saturated rings. The van der Waals surface area contributed by atoms with Gasteiger partial charge in [-0.1, -0.05) is 56.0 Å². The third-order valence-corrected chi connectivity index (χ3v) is 7.70. The van der Waals surface area contributed by atoms with Gasteiger partial charge in [-0.15, -0.1) is 12.4 Å². The first-order chi connectivity index (χ1) is 15.2. The number of halogens is 3. The lowest BCUT2D eigenvalue weighted by Crippen LogP contribution is -2.30. The van der Waals surface area contributed by atoms with Crippen molar-refractivity contribution in [2.75, 3.05) is 25.9 Å². The monoisotopic (exact) mass is 531 g/mol. The summed E-state index contributed by atoms with van der Waals surface area (Å²) in [6.07, 6.45) is 4.80. The molecule has 4 nitrogen and oxygen atoms in total. The average molecular weight is 533 g/mol. The van der Waals surface area contributed by atoms with Crippen LogP contribution in [0.2, 0.25) is 10.0 Å². The molecule has 3 aromatic rings. The second-order valence-electron chi connectivity index (χ2n) is 8.46. The van der Waals surface area contributed by atoms with Crippen LogP contribution in [0.5, 0.6) is 0 Å². The van der Waals surface area contributed by atoms with Crippen LogP contribution in [0.1, 0.15) is 51.2 Å². The lowest BCUT2D eigenvalue weighted by molar-refractivity contribution is 0.112. The predicted molar refractivity (Wildman–Crippen MR) is 143 cm³/mol. The summed E-state index contributed by atoms with van der Waals surface area (Å²) in [5, 5.41) is 15.4. The van der Waals surface area contributed by atoms with Crippen molar-refractivity contribution in [2.45, 2.75) is 50.5 Å². The maximum atomic E-state index is 12.1. The highest BCUT2D eigenvalue weighted by molar-refractivity contribution is 7.90. The Labute approximate surface area is 213 Å². The average Bonchev–Trinajstić information content (AvgIpc) is 2.74. The molecule has 0 amide bonds. The van der Waals surface area contributed by atoms with E-state index in [1.807, 2.05) is 6.07 Å². The number of unbranched alkanes of at least 4 members (excludes halogenated alkanes) is 2. The largest absolute Gasteiger partial charge is 0.387 e. The van der Waals surface area contributed by atoms with Crippen molar-refractivity contribution in [3.05, 3.63) is 52.0 Å². The highest BCUT2D eigenvalue weighted by Gasteiger charge is 2.19. The normalized spacial score (nSPS) is 12.9. The second-order valence-corrected chi connectivity index (χ2v) is 11.3. The number of rotatable bonds is 10. The standard InChI is InChI=1S/C25H31Cl2NO3S.ClH/c1-4-6-10-28(11-7-5-2)16-25(29)22-13-17-12-18(32(3,30)31)8-9-19(17)20-14-23(26)24(27)15-21(20)22;/h8-9,12-15,25,29H,4-7,10-11,16H2,1-3H3;1H. The van der Waals surface area contributed by atoms with E-state index in [0.717, 1.165) is 65.9 Å². The molecule has 0 saturated carbocycles. The Morgan fingerprint density at radius 3 is 2.03 bits per heavy atom. The summed E-state index contributed by atoms with van der Waals surface area (Å²) in [5.41, 5.74) is 0.731. The minimum absolute atomic E-state index is 0. The predicted octanol–water partition coefficient (Wildman–Crippen LogP) is 7.06. The van der Waals surface area contributed by atoms with Gasteiger partial charge in [-0.25, -0.2) is 8.42 Å². The molecular formula is C25H32Cl3NO3S. The first kappa shape index (κ1) is 28.2. The molecule has 3 aromatic carbocycles. The van der Waals surface area contributed by atoms with E-state index in [9.17, 15) is 13.5 Å². The Kier molecular flexibility index (Phi) is 10.3. The van der Waals surface area contributed by atoms with Gasteiger partial charge < -0.3 is 10.0 Å². The van der Waals surface area contributed by atoms with Crippen molar-refractivity contribution in [3.63, 3.8) is 0 Å². The Balaban J connectivity index is 0.00000385. The molecule has 0 aliphatic rings. The Morgan fingerprint density at radius 2 is 1.48 bits per heavy atom. The first-order valence-electron chi connectivity index (χ1n) is 11.1. The minimum Gasteiger partial charge on any atom is -0.387 e. The van der Waals surface area contributed by atoms with Crippen molar-refractivity contribution >= 4 is 67.0 Å². The summed E-state index contributed by atoms with van der Waals surface area (Å²) in [6, 6.07) is 10.5. The van der Waals surface area contributed by atoms with Gasteiger partial charge in [-0.3, -0.25) is 0 Å². The summed E-state index contributed by atoms with van der Waals surface area (Å²) in [6.45, 7) is 6.70. The van der Waals surface area contributed by atoms with Crippen molar-refractivity contribution in [2.24, 2.45) is 0 Å². The second kappa shape index (κ2) is 12.1. The van der Waals surface area contributed by atoms with Crippen LogP contribution < -0.4 is 0 Å². The number of sulfone groups is 1. The van der Waals surface area contributed by atoms with Crippen LogP contribution in [0, 0.1) is 0 Å². The third-order valence-electron chi connectivity index (χ3n) is 5.87. The van der Waals surface area contributed by atoms with Crippen LogP contribution in [0.4, 0.5) is 0 Å². The lowest BCUT2D eigenvalue weighted by Gasteiger charge is -2.26. The van der Waals surface area contributed by atoms with Gasteiger partial charge in [0.2, 0.25) is 0 Å². The molecule has 1 unspecified atom stereocenters. The van der Waals surface area contributed by atoms with E-state index >= 15 is 0 Å². The fourth-order valence-corrected chi connectivity index (χ4v) is 5.05. The van der Waals surface area contributed by atoms with Crippen LogP contribution in [0.25, 0.3) is 21.5 Å². The van der Waals surface area contributed by atoms with Crippen molar-refractivity contribution in [1.29, 1.82) is 0 Å². The zero-order chi connectivity index (χ0) is 23.5. The van der Waals surface area contributed by atoms with Gasteiger partial charge in [-0.05, 0) is 83.4 Å². The fraction of sp³-hybridized carbons (Fsp3) is 0.440. The van der Waals surface area contributed by atoms with Crippen molar-refractivity contribution < 1.29 is 13.5 Å². The number of nitrogens with zero attached hydrogens (tertiary/aromatic N) is 1. The molecule has 0 radical (unpaired) electrons. The van der Waals surface area contributed by atoms with Crippen LogP contribution in [-0.4, -0.2) is 44.3 Å². The molecule has 182 valence electrons. The zero-order valence-corrected chi connectivity index (χ0v) is 22.4. The van der Waals surface area contributed by atoms with Gasteiger partial charge >= 0.3 is 0 Å². The van der Waals surface area contributed by atoms with Gasteiger partial charge in [0.05, 0.1) is 21.0 Å². The first-order valence-corrected chi connectivity index (χ1v) is 13.8. The topological polar surface area (TPSA) is 57.6 Å². The zero-order valence-electron chi connectivity index (χ0n) is 19.3. The number of hydrogen-bond acceptors (Lipinski definition) is 4. The van der Waals surface area contributed by atoms with Crippen molar-refractivity contribution in [3.8, 4) is 0 Å².